The number of likely N-dealkylation sites (tertiary alicyclic amines) is 1. The van der Waals surface area contributed by atoms with Crippen molar-refractivity contribution in [2.75, 3.05) is 13.2 Å². The molecule has 2 aromatic rings. The average molecular weight is 374 g/mol. The third kappa shape index (κ3) is 3.88. The Bertz CT molecular complexity index is 893. The minimum absolute atomic E-state index is 0.0347. The molecule has 0 aromatic carbocycles. The summed E-state index contributed by atoms with van der Waals surface area (Å²) in [5.41, 5.74) is 7.43. The number of hydrogen-bond acceptors (Lipinski definition) is 7. The number of primary amides is 1. The minimum Gasteiger partial charge on any atom is -0.455 e. The molecule has 0 bridgehead atoms. The van der Waals surface area contributed by atoms with E-state index in [9.17, 15) is 14.4 Å². The standard InChI is InChI=1S/C17H22N6O4/c1-10-12(11(2)23-17(21-10)19-9-20-23)7-15(25)27-8-14(24)22-6-4-3-5-13(22)16(18)26/h9,13H,3-8H2,1-2H3,(H2,18,26)/t13-/m0/s1. The van der Waals surface area contributed by atoms with Gasteiger partial charge in [0.05, 0.1) is 6.42 Å². The lowest BCUT2D eigenvalue weighted by molar-refractivity contribution is -0.154. The van der Waals surface area contributed by atoms with Crippen molar-refractivity contribution in [3.05, 3.63) is 23.3 Å². The normalized spacial score (nSPS) is 17.1. The maximum atomic E-state index is 12.4. The number of aromatic nitrogens is 4. The summed E-state index contributed by atoms with van der Waals surface area (Å²) in [6.07, 6.45) is 3.53. The summed E-state index contributed by atoms with van der Waals surface area (Å²) in [4.78, 5) is 45.8. The van der Waals surface area contributed by atoms with Gasteiger partial charge in [-0.25, -0.2) is 9.50 Å². The van der Waals surface area contributed by atoms with Gasteiger partial charge < -0.3 is 15.4 Å². The second kappa shape index (κ2) is 7.68. The summed E-state index contributed by atoms with van der Waals surface area (Å²) in [5, 5.41) is 4.07. The van der Waals surface area contributed by atoms with E-state index in [0.29, 0.717) is 30.0 Å². The maximum absolute atomic E-state index is 12.4. The average Bonchev–Trinajstić information content (AvgIpc) is 3.11. The monoisotopic (exact) mass is 374 g/mol. The van der Waals surface area contributed by atoms with Crippen LogP contribution in [-0.4, -0.2) is 61.5 Å². The van der Waals surface area contributed by atoms with Crippen LogP contribution in [0.25, 0.3) is 5.78 Å². The first-order chi connectivity index (χ1) is 12.9. The lowest BCUT2D eigenvalue weighted by atomic mass is 10.0. The number of carbonyl (C=O) groups is 3. The van der Waals surface area contributed by atoms with Crippen molar-refractivity contribution in [1.29, 1.82) is 0 Å². The van der Waals surface area contributed by atoms with Crippen molar-refractivity contribution in [3.63, 3.8) is 0 Å². The quantitative estimate of drug-likeness (QED) is 0.710. The number of piperidine rings is 1. The highest BCUT2D eigenvalue weighted by Crippen LogP contribution is 2.17. The van der Waals surface area contributed by atoms with E-state index in [1.165, 1.54) is 11.2 Å². The number of carbonyl (C=O) groups excluding carboxylic acids is 3. The summed E-state index contributed by atoms with van der Waals surface area (Å²) in [6.45, 7) is 3.62. The van der Waals surface area contributed by atoms with E-state index in [2.05, 4.69) is 15.1 Å². The fourth-order valence-corrected chi connectivity index (χ4v) is 3.36. The van der Waals surface area contributed by atoms with Gasteiger partial charge in [-0.15, -0.1) is 0 Å². The number of nitrogens with two attached hydrogens (primary N) is 1. The Morgan fingerprint density at radius 3 is 2.81 bits per heavy atom. The predicted molar refractivity (Wildman–Crippen MR) is 93.5 cm³/mol. The van der Waals surface area contributed by atoms with Crippen LogP contribution < -0.4 is 5.73 Å². The van der Waals surface area contributed by atoms with Gasteiger partial charge in [0.15, 0.2) is 6.61 Å². The first-order valence-corrected chi connectivity index (χ1v) is 8.78. The SMILES string of the molecule is Cc1nc2ncnn2c(C)c1CC(=O)OCC(=O)N1CCCC[C@H]1C(N)=O. The zero-order valence-electron chi connectivity index (χ0n) is 15.3. The lowest BCUT2D eigenvalue weighted by Crippen LogP contribution is -2.51. The molecular formula is C17H22N6O4. The predicted octanol–water partition coefficient (Wildman–Crippen LogP) is -0.307. The molecule has 0 saturated carbocycles. The van der Waals surface area contributed by atoms with E-state index in [1.807, 2.05) is 6.92 Å². The summed E-state index contributed by atoms with van der Waals surface area (Å²) in [5.74, 6) is -1.04. The molecule has 1 aliphatic rings. The smallest absolute Gasteiger partial charge is 0.310 e. The molecule has 2 N–H and O–H groups in total. The number of rotatable bonds is 5. The number of ether oxygens (including phenoxy) is 1. The molecule has 10 nitrogen and oxygen atoms in total. The van der Waals surface area contributed by atoms with Crippen molar-refractivity contribution in [3.8, 4) is 0 Å². The van der Waals surface area contributed by atoms with Crippen LogP contribution in [0, 0.1) is 13.8 Å². The molecule has 3 heterocycles. The Morgan fingerprint density at radius 1 is 1.30 bits per heavy atom. The van der Waals surface area contributed by atoms with E-state index < -0.39 is 30.4 Å². The van der Waals surface area contributed by atoms with Crippen LogP contribution in [0.1, 0.15) is 36.2 Å². The van der Waals surface area contributed by atoms with Crippen LogP contribution in [0.5, 0.6) is 0 Å². The first kappa shape index (κ1) is 18.7. The van der Waals surface area contributed by atoms with Gasteiger partial charge >= 0.3 is 5.97 Å². The fourth-order valence-electron chi connectivity index (χ4n) is 3.36. The number of nitrogens with zero attached hydrogens (tertiary/aromatic N) is 5. The molecule has 0 unspecified atom stereocenters. The maximum Gasteiger partial charge on any atom is 0.310 e. The van der Waals surface area contributed by atoms with Gasteiger partial charge in [0.1, 0.15) is 12.4 Å². The second-order valence-corrected chi connectivity index (χ2v) is 6.57. The molecule has 1 fully saturated rings. The molecule has 0 aliphatic carbocycles. The Kier molecular flexibility index (Phi) is 5.33. The van der Waals surface area contributed by atoms with Crippen molar-refractivity contribution in [1.82, 2.24) is 24.5 Å². The summed E-state index contributed by atoms with van der Waals surface area (Å²) < 4.78 is 6.68. The highest BCUT2D eigenvalue weighted by molar-refractivity contribution is 5.88. The van der Waals surface area contributed by atoms with Crippen LogP contribution in [-0.2, 0) is 25.5 Å². The number of amides is 2. The molecule has 144 valence electrons. The van der Waals surface area contributed by atoms with Gasteiger partial charge in [-0.2, -0.15) is 10.1 Å². The molecule has 3 rings (SSSR count). The van der Waals surface area contributed by atoms with Crippen LogP contribution in [0.3, 0.4) is 0 Å². The Labute approximate surface area is 155 Å². The van der Waals surface area contributed by atoms with E-state index in [4.69, 9.17) is 10.5 Å². The molecule has 1 aliphatic heterocycles. The lowest BCUT2D eigenvalue weighted by Gasteiger charge is -2.33. The van der Waals surface area contributed by atoms with Crippen molar-refractivity contribution in [2.24, 2.45) is 5.73 Å². The highest BCUT2D eigenvalue weighted by Gasteiger charge is 2.31. The number of esters is 1. The first-order valence-electron chi connectivity index (χ1n) is 8.78. The molecule has 0 spiro atoms. The number of hydrogen-bond donors (Lipinski definition) is 1. The van der Waals surface area contributed by atoms with Crippen LogP contribution in [0.15, 0.2) is 6.33 Å². The molecule has 2 amide bonds. The van der Waals surface area contributed by atoms with Crippen LogP contribution >= 0.6 is 0 Å². The summed E-state index contributed by atoms with van der Waals surface area (Å²) >= 11 is 0. The summed E-state index contributed by atoms with van der Waals surface area (Å²) in [6, 6.07) is -0.631. The van der Waals surface area contributed by atoms with E-state index in [0.717, 1.165) is 18.5 Å². The molecule has 1 atom stereocenters. The van der Waals surface area contributed by atoms with Crippen molar-refractivity contribution in [2.45, 2.75) is 45.6 Å². The molecule has 27 heavy (non-hydrogen) atoms. The minimum atomic E-state index is -0.631. The van der Waals surface area contributed by atoms with E-state index in [1.54, 1.807) is 11.4 Å². The summed E-state index contributed by atoms with van der Waals surface area (Å²) in [7, 11) is 0. The topological polar surface area (TPSA) is 133 Å². The molecule has 1 saturated heterocycles. The molecular weight excluding hydrogens is 352 g/mol. The van der Waals surface area contributed by atoms with Gasteiger partial charge in [0.2, 0.25) is 5.91 Å². The van der Waals surface area contributed by atoms with E-state index in [-0.39, 0.29) is 6.42 Å². The van der Waals surface area contributed by atoms with Gasteiger partial charge in [-0.1, -0.05) is 0 Å². The number of fused-ring (bicyclic) bond motifs is 1. The number of aryl methyl sites for hydroxylation is 2. The van der Waals surface area contributed by atoms with Gasteiger partial charge in [0.25, 0.3) is 11.7 Å². The van der Waals surface area contributed by atoms with Crippen LogP contribution in [0.4, 0.5) is 0 Å². The fraction of sp³-hybridized carbons (Fsp3) is 0.529. The van der Waals surface area contributed by atoms with E-state index >= 15 is 0 Å². The molecule has 2 aromatic heterocycles. The zero-order chi connectivity index (χ0) is 19.6. The van der Waals surface area contributed by atoms with Crippen molar-refractivity contribution >= 4 is 23.6 Å². The Morgan fingerprint density at radius 2 is 2.07 bits per heavy atom. The third-order valence-corrected chi connectivity index (χ3v) is 4.82. The Balaban J connectivity index is 1.63. The highest BCUT2D eigenvalue weighted by atomic mass is 16.5. The molecule has 10 heteroatoms. The van der Waals surface area contributed by atoms with Gasteiger partial charge in [-0.3, -0.25) is 14.4 Å². The zero-order valence-corrected chi connectivity index (χ0v) is 15.3. The van der Waals surface area contributed by atoms with Gasteiger partial charge in [0, 0.05) is 23.5 Å². The third-order valence-electron chi connectivity index (χ3n) is 4.82. The Hall–Kier alpha value is -3.04. The second-order valence-electron chi connectivity index (χ2n) is 6.57. The van der Waals surface area contributed by atoms with Gasteiger partial charge in [-0.05, 0) is 33.1 Å². The largest absolute Gasteiger partial charge is 0.455 e. The van der Waals surface area contributed by atoms with Crippen LogP contribution in [0.2, 0.25) is 0 Å². The van der Waals surface area contributed by atoms with Crippen molar-refractivity contribution < 1.29 is 19.1 Å². The molecule has 0 radical (unpaired) electrons.